The summed E-state index contributed by atoms with van der Waals surface area (Å²) >= 11 is 0. The van der Waals surface area contributed by atoms with Crippen LogP contribution in [0.1, 0.15) is 45.4 Å². The summed E-state index contributed by atoms with van der Waals surface area (Å²) in [6.45, 7) is 2.98. The Morgan fingerprint density at radius 1 is 0.826 bits per heavy atom. The van der Waals surface area contributed by atoms with Gasteiger partial charge in [0, 0.05) is 6.61 Å². The van der Waals surface area contributed by atoms with Gasteiger partial charge in [0.15, 0.2) is 6.29 Å². The molecule has 0 saturated carbocycles. The van der Waals surface area contributed by atoms with E-state index >= 15 is 0 Å². The molecule has 0 aromatic carbocycles. The zero-order valence-corrected chi connectivity index (χ0v) is 14.0. The van der Waals surface area contributed by atoms with Crippen LogP contribution in [0.3, 0.4) is 0 Å². The molecule has 0 spiro atoms. The van der Waals surface area contributed by atoms with Gasteiger partial charge in [0.05, 0.1) is 19.8 Å². The number of hydrogen-bond acceptors (Lipinski definition) is 7. The van der Waals surface area contributed by atoms with E-state index in [1.807, 2.05) is 0 Å². The van der Waals surface area contributed by atoms with Gasteiger partial charge < -0.3 is 34.6 Å². The Hall–Kier alpha value is -0.280. The lowest BCUT2D eigenvalue weighted by Gasteiger charge is -2.39. The predicted octanol–water partition coefficient (Wildman–Crippen LogP) is 0.180. The molecule has 1 saturated heterocycles. The number of rotatable bonds is 12. The molecule has 0 aliphatic carbocycles. The number of aliphatic hydroxyl groups excluding tert-OH is 4. The van der Waals surface area contributed by atoms with Crippen LogP contribution in [-0.2, 0) is 14.2 Å². The van der Waals surface area contributed by atoms with Gasteiger partial charge in [0.1, 0.15) is 24.4 Å². The molecule has 1 aliphatic rings. The van der Waals surface area contributed by atoms with Crippen molar-refractivity contribution in [1.29, 1.82) is 0 Å². The van der Waals surface area contributed by atoms with Crippen molar-refractivity contribution >= 4 is 0 Å². The summed E-state index contributed by atoms with van der Waals surface area (Å²) in [6.07, 6.45) is 1.07. The first-order valence-electron chi connectivity index (χ1n) is 8.61. The Kier molecular flexibility index (Phi) is 11.0. The van der Waals surface area contributed by atoms with Crippen LogP contribution < -0.4 is 0 Å². The van der Waals surface area contributed by atoms with Crippen LogP contribution in [0.4, 0.5) is 0 Å². The number of hydrogen-bond donors (Lipinski definition) is 4. The first kappa shape index (κ1) is 20.8. The Morgan fingerprint density at radius 2 is 1.52 bits per heavy atom. The van der Waals surface area contributed by atoms with Crippen molar-refractivity contribution in [2.45, 2.75) is 76.2 Å². The van der Waals surface area contributed by atoms with Crippen molar-refractivity contribution in [3.8, 4) is 0 Å². The minimum Gasteiger partial charge on any atom is -0.394 e. The van der Waals surface area contributed by atoms with Crippen molar-refractivity contribution in [2.24, 2.45) is 0 Å². The fraction of sp³-hybridized carbons (Fsp3) is 1.00. The standard InChI is InChI=1S/C16H32O7/c1-2-3-4-5-6-7-8-21-9-10-22-16-15(20)14(19)13(18)12(11-17)23-16/h12-20H,2-11H2,1H3/t12-,13-,14+,15-,16-/m1/s1. The summed E-state index contributed by atoms with van der Waals surface area (Å²) in [7, 11) is 0. The molecular weight excluding hydrogens is 304 g/mol. The van der Waals surface area contributed by atoms with Gasteiger partial charge in [-0.1, -0.05) is 39.0 Å². The van der Waals surface area contributed by atoms with Crippen LogP contribution >= 0.6 is 0 Å². The molecule has 7 nitrogen and oxygen atoms in total. The lowest BCUT2D eigenvalue weighted by atomic mass is 9.99. The summed E-state index contributed by atoms with van der Waals surface area (Å²) < 4.78 is 16.0. The highest BCUT2D eigenvalue weighted by atomic mass is 16.7. The fourth-order valence-corrected chi connectivity index (χ4v) is 2.51. The Labute approximate surface area is 138 Å². The van der Waals surface area contributed by atoms with Crippen molar-refractivity contribution < 1.29 is 34.6 Å². The van der Waals surface area contributed by atoms with Gasteiger partial charge in [-0.05, 0) is 6.42 Å². The maximum absolute atomic E-state index is 9.78. The minimum atomic E-state index is -1.41. The van der Waals surface area contributed by atoms with E-state index in [1.165, 1.54) is 25.7 Å². The summed E-state index contributed by atoms with van der Waals surface area (Å²) in [5, 5.41) is 38.1. The van der Waals surface area contributed by atoms with E-state index in [9.17, 15) is 15.3 Å². The van der Waals surface area contributed by atoms with E-state index < -0.39 is 37.3 Å². The summed E-state index contributed by atoms with van der Waals surface area (Å²) in [5.74, 6) is 0. The van der Waals surface area contributed by atoms with Crippen LogP contribution in [0.5, 0.6) is 0 Å². The Morgan fingerprint density at radius 3 is 2.22 bits per heavy atom. The largest absolute Gasteiger partial charge is 0.394 e. The fourth-order valence-electron chi connectivity index (χ4n) is 2.51. The second-order valence-corrected chi connectivity index (χ2v) is 5.95. The molecule has 0 unspecified atom stereocenters. The Balaban J connectivity index is 2.06. The topological polar surface area (TPSA) is 109 Å². The zero-order chi connectivity index (χ0) is 17.1. The molecule has 1 heterocycles. The second kappa shape index (κ2) is 12.1. The van der Waals surface area contributed by atoms with Crippen LogP contribution in [0.25, 0.3) is 0 Å². The molecular formula is C16H32O7. The van der Waals surface area contributed by atoms with Crippen LogP contribution in [0.2, 0.25) is 0 Å². The third-order valence-corrected chi connectivity index (χ3v) is 4.00. The van der Waals surface area contributed by atoms with E-state index in [1.54, 1.807) is 0 Å². The smallest absolute Gasteiger partial charge is 0.186 e. The van der Waals surface area contributed by atoms with Gasteiger partial charge in [0.25, 0.3) is 0 Å². The molecule has 0 bridgehead atoms. The molecule has 0 amide bonds. The average Bonchev–Trinajstić information content (AvgIpc) is 2.56. The zero-order valence-electron chi connectivity index (χ0n) is 14.0. The monoisotopic (exact) mass is 336 g/mol. The van der Waals surface area contributed by atoms with Gasteiger partial charge in [-0.25, -0.2) is 0 Å². The van der Waals surface area contributed by atoms with E-state index in [0.717, 1.165) is 12.8 Å². The lowest BCUT2D eigenvalue weighted by Crippen LogP contribution is -2.59. The first-order chi connectivity index (χ1) is 11.1. The maximum Gasteiger partial charge on any atom is 0.186 e. The summed E-state index contributed by atoms with van der Waals surface area (Å²) in [4.78, 5) is 0. The van der Waals surface area contributed by atoms with Gasteiger partial charge in [-0.2, -0.15) is 0 Å². The summed E-state index contributed by atoms with van der Waals surface area (Å²) in [6, 6.07) is 0. The number of aliphatic hydroxyl groups is 4. The van der Waals surface area contributed by atoms with Gasteiger partial charge in [-0.15, -0.1) is 0 Å². The molecule has 1 rings (SSSR count). The highest BCUT2D eigenvalue weighted by Crippen LogP contribution is 2.21. The quantitative estimate of drug-likeness (QED) is 0.376. The Bertz CT molecular complexity index is 288. The third kappa shape index (κ3) is 7.43. The molecule has 0 aromatic rings. The van der Waals surface area contributed by atoms with E-state index in [-0.39, 0.29) is 6.61 Å². The predicted molar refractivity (Wildman–Crippen MR) is 83.9 cm³/mol. The van der Waals surface area contributed by atoms with E-state index in [2.05, 4.69) is 6.92 Å². The second-order valence-electron chi connectivity index (χ2n) is 5.95. The van der Waals surface area contributed by atoms with Crippen molar-refractivity contribution in [1.82, 2.24) is 0 Å². The molecule has 7 heteroatoms. The highest BCUT2D eigenvalue weighted by Gasteiger charge is 2.43. The normalized spacial score (nSPS) is 31.4. The lowest BCUT2D eigenvalue weighted by molar-refractivity contribution is -0.302. The molecule has 23 heavy (non-hydrogen) atoms. The van der Waals surface area contributed by atoms with Crippen molar-refractivity contribution in [2.75, 3.05) is 26.4 Å². The minimum absolute atomic E-state index is 0.207. The molecule has 0 radical (unpaired) electrons. The SMILES string of the molecule is CCCCCCCCOCCO[C@@H]1O[C@H](CO)[C@@H](O)[C@H](O)[C@H]1O. The van der Waals surface area contributed by atoms with Crippen molar-refractivity contribution in [3.05, 3.63) is 0 Å². The van der Waals surface area contributed by atoms with Crippen molar-refractivity contribution in [3.63, 3.8) is 0 Å². The molecule has 0 aromatic heterocycles. The highest BCUT2D eigenvalue weighted by molar-refractivity contribution is 4.88. The van der Waals surface area contributed by atoms with E-state index in [0.29, 0.717) is 13.2 Å². The van der Waals surface area contributed by atoms with Crippen LogP contribution in [0.15, 0.2) is 0 Å². The van der Waals surface area contributed by atoms with Gasteiger partial charge in [0.2, 0.25) is 0 Å². The molecule has 4 N–H and O–H groups in total. The molecule has 1 fully saturated rings. The molecule has 138 valence electrons. The van der Waals surface area contributed by atoms with Gasteiger partial charge >= 0.3 is 0 Å². The number of unbranched alkanes of at least 4 members (excludes halogenated alkanes) is 5. The third-order valence-electron chi connectivity index (χ3n) is 4.00. The van der Waals surface area contributed by atoms with E-state index in [4.69, 9.17) is 19.3 Å². The summed E-state index contributed by atoms with van der Waals surface area (Å²) in [5.41, 5.74) is 0. The van der Waals surface area contributed by atoms with Crippen LogP contribution in [-0.4, -0.2) is 77.6 Å². The van der Waals surface area contributed by atoms with Crippen LogP contribution in [0, 0.1) is 0 Å². The number of ether oxygens (including phenoxy) is 3. The van der Waals surface area contributed by atoms with Gasteiger partial charge in [-0.3, -0.25) is 0 Å². The molecule has 1 aliphatic heterocycles. The molecule has 5 atom stereocenters. The average molecular weight is 336 g/mol. The first-order valence-corrected chi connectivity index (χ1v) is 8.61. The maximum atomic E-state index is 9.78.